The number of hydrogen-bond donors (Lipinski definition) is 1. The van der Waals surface area contributed by atoms with Crippen LogP contribution in [0.2, 0.25) is 0 Å². The number of thioether (sulfide) groups is 1. The number of anilines is 1. The van der Waals surface area contributed by atoms with Crippen molar-refractivity contribution in [2.75, 3.05) is 18.6 Å². The van der Waals surface area contributed by atoms with E-state index in [1.54, 1.807) is 37.1 Å². The zero-order valence-electron chi connectivity index (χ0n) is 15.6. The van der Waals surface area contributed by atoms with Gasteiger partial charge in [-0.1, -0.05) is 30.3 Å². The van der Waals surface area contributed by atoms with Gasteiger partial charge >= 0.3 is 0 Å². The normalized spacial score (nSPS) is 16.4. The van der Waals surface area contributed by atoms with E-state index in [4.69, 9.17) is 4.74 Å². The molecule has 4 rings (SSSR count). The number of nitrogens with zero attached hydrogens (tertiary/aromatic N) is 1. The topological polar surface area (TPSA) is 32.7 Å². The Kier molecular flexibility index (Phi) is 5.44. The van der Waals surface area contributed by atoms with Gasteiger partial charge in [0.25, 0.3) is 0 Å². The highest BCUT2D eigenvalue weighted by Crippen LogP contribution is 2.47. The Labute approximate surface area is 168 Å². The summed E-state index contributed by atoms with van der Waals surface area (Å²) in [5.41, 5.74) is 2.99. The Bertz CT molecular complexity index is 961. The molecule has 3 nitrogen and oxygen atoms in total. The van der Waals surface area contributed by atoms with Crippen molar-refractivity contribution < 1.29 is 14.2 Å². The van der Waals surface area contributed by atoms with Gasteiger partial charge < -0.3 is 14.7 Å². The molecule has 0 spiro atoms. The maximum atomic E-state index is 14.4. The number of benzene rings is 3. The molecule has 0 saturated carbocycles. The van der Waals surface area contributed by atoms with Gasteiger partial charge in [0.15, 0.2) is 0 Å². The Morgan fingerprint density at radius 2 is 1.89 bits per heavy atom. The molecule has 0 aliphatic carbocycles. The van der Waals surface area contributed by atoms with Gasteiger partial charge in [-0.25, -0.2) is 4.39 Å². The second-order valence-electron chi connectivity index (χ2n) is 6.84. The molecule has 5 heteroatoms. The number of rotatable bonds is 4. The van der Waals surface area contributed by atoms with Crippen molar-refractivity contribution in [1.82, 2.24) is 0 Å². The van der Waals surface area contributed by atoms with E-state index < -0.39 is 0 Å². The fourth-order valence-corrected chi connectivity index (χ4v) is 4.87. The molecule has 0 saturated heterocycles. The summed E-state index contributed by atoms with van der Waals surface area (Å²) >= 11 is 1.69. The summed E-state index contributed by atoms with van der Waals surface area (Å²) in [5.74, 6) is 0.904. The van der Waals surface area contributed by atoms with Crippen molar-refractivity contribution >= 4 is 17.4 Å². The molecule has 1 heterocycles. The summed E-state index contributed by atoms with van der Waals surface area (Å²) in [6.45, 7) is 1.54. The highest BCUT2D eigenvalue weighted by Gasteiger charge is 2.25. The standard InChI is InChI=1S/C23H22FNO2S/c1-27-18-10-11-21-23(14-18)28-22(19-4-2-3-5-20(19)24)12-13-25(21)15-16-6-8-17(26)9-7-16/h2-11,14,22,26H,12-13,15H2,1H3/t22-/m1/s1. The molecule has 0 aromatic heterocycles. The van der Waals surface area contributed by atoms with Gasteiger partial charge in [0.1, 0.15) is 17.3 Å². The predicted molar refractivity (Wildman–Crippen MR) is 112 cm³/mol. The van der Waals surface area contributed by atoms with E-state index in [9.17, 15) is 9.50 Å². The van der Waals surface area contributed by atoms with E-state index in [0.717, 1.165) is 47.0 Å². The first kappa shape index (κ1) is 18.7. The molecule has 0 fully saturated rings. The summed E-state index contributed by atoms with van der Waals surface area (Å²) in [4.78, 5) is 3.40. The van der Waals surface area contributed by atoms with Crippen LogP contribution >= 0.6 is 11.8 Å². The van der Waals surface area contributed by atoms with Crippen LogP contribution in [-0.4, -0.2) is 18.8 Å². The van der Waals surface area contributed by atoms with Crippen molar-refractivity contribution in [1.29, 1.82) is 0 Å². The van der Waals surface area contributed by atoms with Crippen LogP contribution in [0.3, 0.4) is 0 Å². The lowest BCUT2D eigenvalue weighted by Gasteiger charge is -2.25. The molecule has 0 radical (unpaired) electrons. The molecule has 1 N–H and O–H groups in total. The molecule has 3 aromatic rings. The molecule has 1 atom stereocenters. The average molecular weight is 395 g/mol. The number of ether oxygens (including phenoxy) is 1. The first-order chi connectivity index (χ1) is 13.6. The van der Waals surface area contributed by atoms with Gasteiger partial charge in [-0.3, -0.25) is 0 Å². The summed E-state index contributed by atoms with van der Waals surface area (Å²) in [6.07, 6.45) is 0.834. The van der Waals surface area contributed by atoms with E-state index in [-0.39, 0.29) is 16.8 Å². The quantitative estimate of drug-likeness (QED) is 0.607. The number of halogens is 1. The van der Waals surface area contributed by atoms with Crippen LogP contribution in [-0.2, 0) is 6.54 Å². The number of phenols is 1. The molecular formula is C23H22FNO2S. The van der Waals surface area contributed by atoms with E-state index in [1.165, 1.54) is 6.07 Å². The zero-order valence-corrected chi connectivity index (χ0v) is 16.5. The van der Waals surface area contributed by atoms with Crippen LogP contribution in [0.25, 0.3) is 0 Å². The molecule has 1 aliphatic heterocycles. The van der Waals surface area contributed by atoms with E-state index in [1.807, 2.05) is 36.4 Å². The summed E-state index contributed by atoms with van der Waals surface area (Å²) < 4.78 is 19.9. The fraction of sp³-hybridized carbons (Fsp3) is 0.217. The fourth-order valence-electron chi connectivity index (χ4n) is 3.52. The predicted octanol–water partition coefficient (Wildman–Crippen LogP) is 5.78. The molecule has 1 aliphatic rings. The Balaban J connectivity index is 1.68. The van der Waals surface area contributed by atoms with Gasteiger partial charge in [0.2, 0.25) is 0 Å². The van der Waals surface area contributed by atoms with Crippen molar-refractivity contribution in [3.8, 4) is 11.5 Å². The first-order valence-corrected chi connectivity index (χ1v) is 10.1. The van der Waals surface area contributed by atoms with E-state index in [0.29, 0.717) is 0 Å². The van der Waals surface area contributed by atoms with Crippen molar-refractivity contribution in [2.24, 2.45) is 0 Å². The van der Waals surface area contributed by atoms with Crippen LogP contribution < -0.4 is 9.64 Å². The van der Waals surface area contributed by atoms with Crippen molar-refractivity contribution in [3.05, 3.63) is 83.7 Å². The van der Waals surface area contributed by atoms with Gasteiger partial charge in [0.05, 0.1) is 12.8 Å². The van der Waals surface area contributed by atoms with Gasteiger partial charge in [0, 0.05) is 28.8 Å². The maximum absolute atomic E-state index is 14.4. The first-order valence-electron chi connectivity index (χ1n) is 9.26. The van der Waals surface area contributed by atoms with Crippen LogP contribution in [0.1, 0.15) is 22.8 Å². The van der Waals surface area contributed by atoms with Crippen molar-refractivity contribution in [2.45, 2.75) is 23.1 Å². The highest BCUT2D eigenvalue weighted by atomic mass is 32.2. The lowest BCUT2D eigenvalue weighted by molar-refractivity contribution is 0.413. The number of phenolic OH excluding ortho intramolecular Hbond substituents is 1. The van der Waals surface area contributed by atoms with Gasteiger partial charge in [-0.2, -0.15) is 0 Å². The molecule has 0 unspecified atom stereocenters. The largest absolute Gasteiger partial charge is 0.508 e. The average Bonchev–Trinajstić information content (AvgIpc) is 2.89. The van der Waals surface area contributed by atoms with Crippen LogP contribution in [0, 0.1) is 5.82 Å². The summed E-state index contributed by atoms with van der Waals surface area (Å²) in [5, 5.41) is 9.58. The molecule has 0 bridgehead atoms. The maximum Gasteiger partial charge on any atom is 0.127 e. The molecule has 0 amide bonds. The second kappa shape index (κ2) is 8.15. The second-order valence-corrected chi connectivity index (χ2v) is 8.08. The summed E-state index contributed by atoms with van der Waals surface area (Å²) in [7, 11) is 1.66. The highest BCUT2D eigenvalue weighted by molar-refractivity contribution is 7.99. The molecule has 144 valence electrons. The van der Waals surface area contributed by atoms with Crippen LogP contribution in [0.15, 0.2) is 71.6 Å². The SMILES string of the molecule is COc1ccc2c(c1)S[C@@H](c1ccccc1F)CCN2Cc1ccc(O)cc1. The third-order valence-corrected chi connectivity index (χ3v) is 6.36. The zero-order chi connectivity index (χ0) is 19.5. The Morgan fingerprint density at radius 1 is 1.11 bits per heavy atom. The number of methoxy groups -OCH3 is 1. The Hall–Kier alpha value is -2.66. The Morgan fingerprint density at radius 3 is 2.64 bits per heavy atom. The lowest BCUT2D eigenvalue weighted by Crippen LogP contribution is -2.24. The molecule has 28 heavy (non-hydrogen) atoms. The minimum absolute atomic E-state index is 0.0388. The summed E-state index contributed by atoms with van der Waals surface area (Å²) in [6, 6.07) is 20.4. The third kappa shape index (κ3) is 3.94. The van der Waals surface area contributed by atoms with Crippen molar-refractivity contribution in [3.63, 3.8) is 0 Å². The molecular weight excluding hydrogens is 373 g/mol. The van der Waals surface area contributed by atoms with E-state index >= 15 is 0 Å². The number of hydrogen-bond acceptors (Lipinski definition) is 4. The molecule has 3 aromatic carbocycles. The minimum atomic E-state index is -0.156. The van der Waals surface area contributed by atoms with Gasteiger partial charge in [-0.05, 0) is 48.4 Å². The lowest BCUT2D eigenvalue weighted by atomic mass is 10.1. The van der Waals surface area contributed by atoms with Gasteiger partial charge in [-0.15, -0.1) is 11.8 Å². The third-order valence-electron chi connectivity index (χ3n) is 5.00. The monoisotopic (exact) mass is 395 g/mol. The number of fused-ring (bicyclic) bond motifs is 1. The van der Waals surface area contributed by atoms with Crippen LogP contribution in [0.5, 0.6) is 11.5 Å². The minimum Gasteiger partial charge on any atom is -0.508 e. The smallest absolute Gasteiger partial charge is 0.127 e. The van der Waals surface area contributed by atoms with E-state index in [2.05, 4.69) is 11.0 Å². The number of aromatic hydroxyl groups is 1. The van der Waals surface area contributed by atoms with Crippen LogP contribution in [0.4, 0.5) is 10.1 Å².